The van der Waals surface area contributed by atoms with Crippen LogP contribution in [0.5, 0.6) is 0 Å². The molecule has 2 rings (SSSR count). The minimum absolute atomic E-state index is 0.296. The second-order valence-corrected chi connectivity index (χ2v) is 7.28. The lowest BCUT2D eigenvalue weighted by Gasteiger charge is -2.15. The summed E-state index contributed by atoms with van der Waals surface area (Å²) in [6.07, 6.45) is 0. The van der Waals surface area contributed by atoms with Crippen LogP contribution >= 0.6 is 11.6 Å². The van der Waals surface area contributed by atoms with Gasteiger partial charge in [0.05, 0.1) is 10.6 Å². The number of nitrogens with one attached hydrogen (secondary N) is 1. The number of hydrogen-bond donors (Lipinski definition) is 1. The van der Waals surface area contributed by atoms with Crippen molar-refractivity contribution in [2.45, 2.75) is 32.6 Å². The molecule has 112 valence electrons. The molecule has 0 aliphatic carbocycles. The molecule has 0 aliphatic heterocycles. The summed E-state index contributed by atoms with van der Waals surface area (Å²) in [5, 5.41) is 0.495. The Morgan fingerprint density at radius 3 is 2.19 bits per heavy atom. The van der Waals surface area contributed by atoms with Gasteiger partial charge in [-0.15, -0.1) is 0 Å². The first-order valence-corrected chi connectivity index (χ1v) is 8.44. The molecule has 0 aliphatic rings. The maximum atomic E-state index is 12.6. The van der Waals surface area contributed by atoms with Gasteiger partial charge in [-0.25, -0.2) is 8.42 Å². The maximum absolute atomic E-state index is 12.6. The predicted molar refractivity (Wildman–Crippen MR) is 87.7 cm³/mol. The van der Waals surface area contributed by atoms with E-state index >= 15 is 0 Å². The first-order valence-electron chi connectivity index (χ1n) is 6.58. The predicted octanol–water partition coefficient (Wildman–Crippen LogP) is 4.37. The second kappa shape index (κ2) is 5.70. The second-order valence-electron chi connectivity index (χ2n) is 5.20. The Balaban J connectivity index is 2.49. The zero-order chi connectivity index (χ0) is 15.8. The molecule has 5 heteroatoms. The highest BCUT2D eigenvalue weighted by Gasteiger charge is 2.19. The molecule has 0 unspecified atom stereocenters. The van der Waals surface area contributed by atoms with E-state index in [-0.39, 0.29) is 0 Å². The third-order valence-corrected chi connectivity index (χ3v) is 5.49. The van der Waals surface area contributed by atoms with Crippen LogP contribution in [0.1, 0.15) is 22.3 Å². The smallest absolute Gasteiger partial charge is 0.262 e. The van der Waals surface area contributed by atoms with Gasteiger partial charge in [-0.3, -0.25) is 4.72 Å². The highest BCUT2D eigenvalue weighted by molar-refractivity contribution is 7.92. The molecule has 0 atom stereocenters. The van der Waals surface area contributed by atoms with Crippen molar-refractivity contribution in [2.75, 3.05) is 4.72 Å². The van der Waals surface area contributed by atoms with Crippen molar-refractivity contribution >= 4 is 27.3 Å². The molecular formula is C16H18ClNO2S. The van der Waals surface area contributed by atoms with Crippen molar-refractivity contribution in [3.05, 3.63) is 57.6 Å². The number of sulfonamides is 1. The molecule has 2 aromatic rings. The lowest BCUT2D eigenvalue weighted by molar-refractivity contribution is 0.600. The zero-order valence-electron chi connectivity index (χ0n) is 12.5. The quantitative estimate of drug-likeness (QED) is 0.911. The monoisotopic (exact) mass is 323 g/mol. The minimum atomic E-state index is -3.63. The topological polar surface area (TPSA) is 46.2 Å². The maximum Gasteiger partial charge on any atom is 0.262 e. The van der Waals surface area contributed by atoms with Crippen LogP contribution in [0.4, 0.5) is 5.69 Å². The summed E-state index contributed by atoms with van der Waals surface area (Å²) < 4.78 is 27.8. The highest BCUT2D eigenvalue weighted by Crippen LogP contribution is 2.26. The molecule has 0 saturated carbocycles. The van der Waals surface area contributed by atoms with Gasteiger partial charge in [-0.05, 0) is 68.1 Å². The Hall–Kier alpha value is -1.52. The normalized spacial score (nSPS) is 11.5. The van der Waals surface area contributed by atoms with Gasteiger partial charge in [0.1, 0.15) is 0 Å². The Kier molecular flexibility index (Phi) is 4.30. The van der Waals surface area contributed by atoms with Gasteiger partial charge >= 0.3 is 0 Å². The number of benzene rings is 2. The number of anilines is 1. The van der Waals surface area contributed by atoms with Gasteiger partial charge in [0.2, 0.25) is 0 Å². The molecule has 3 nitrogen and oxygen atoms in total. The van der Waals surface area contributed by atoms with Crippen LogP contribution in [0.25, 0.3) is 0 Å². The number of aryl methyl sites for hydroxylation is 2. The van der Waals surface area contributed by atoms with Crippen molar-refractivity contribution in [3.8, 4) is 0 Å². The molecule has 1 N–H and O–H groups in total. The van der Waals surface area contributed by atoms with Crippen LogP contribution < -0.4 is 4.72 Å². The van der Waals surface area contributed by atoms with Crippen LogP contribution in [-0.2, 0) is 10.0 Å². The van der Waals surface area contributed by atoms with Gasteiger partial charge in [0.15, 0.2) is 0 Å². The van der Waals surface area contributed by atoms with Crippen molar-refractivity contribution in [2.24, 2.45) is 0 Å². The van der Waals surface area contributed by atoms with E-state index in [0.717, 1.165) is 22.3 Å². The SMILES string of the molecule is Cc1ccc(Cl)cc1NS(=O)(=O)c1ccc(C)c(C)c1C. The van der Waals surface area contributed by atoms with E-state index in [4.69, 9.17) is 11.6 Å². The molecule has 0 bridgehead atoms. The molecule has 0 spiro atoms. The van der Waals surface area contributed by atoms with Crippen molar-refractivity contribution < 1.29 is 8.42 Å². The fourth-order valence-electron chi connectivity index (χ4n) is 2.13. The lowest BCUT2D eigenvalue weighted by Crippen LogP contribution is -2.15. The van der Waals surface area contributed by atoms with E-state index in [1.54, 1.807) is 24.3 Å². The van der Waals surface area contributed by atoms with E-state index in [0.29, 0.717) is 15.6 Å². The van der Waals surface area contributed by atoms with Crippen LogP contribution in [0.3, 0.4) is 0 Å². The molecule has 0 heterocycles. The Labute approximate surface area is 131 Å². The first-order chi connectivity index (χ1) is 9.72. The molecule has 21 heavy (non-hydrogen) atoms. The summed E-state index contributed by atoms with van der Waals surface area (Å²) in [5.74, 6) is 0. The highest BCUT2D eigenvalue weighted by atomic mass is 35.5. The van der Waals surface area contributed by atoms with Crippen LogP contribution in [-0.4, -0.2) is 8.42 Å². The van der Waals surface area contributed by atoms with Gasteiger partial charge in [-0.1, -0.05) is 23.7 Å². The Morgan fingerprint density at radius 2 is 1.52 bits per heavy atom. The summed E-state index contributed by atoms with van der Waals surface area (Å²) in [7, 11) is -3.63. The number of rotatable bonds is 3. The van der Waals surface area contributed by atoms with Crippen molar-refractivity contribution in [1.29, 1.82) is 0 Å². The Bertz CT molecular complexity index is 798. The van der Waals surface area contributed by atoms with Crippen molar-refractivity contribution in [1.82, 2.24) is 0 Å². The average Bonchev–Trinajstić information content (AvgIpc) is 2.39. The van der Waals surface area contributed by atoms with Crippen molar-refractivity contribution in [3.63, 3.8) is 0 Å². The van der Waals surface area contributed by atoms with E-state index in [1.165, 1.54) is 0 Å². The van der Waals surface area contributed by atoms with Gasteiger partial charge in [0.25, 0.3) is 10.0 Å². The van der Waals surface area contributed by atoms with E-state index in [2.05, 4.69) is 4.72 Å². The van der Waals surface area contributed by atoms with E-state index in [1.807, 2.05) is 33.8 Å². The van der Waals surface area contributed by atoms with E-state index in [9.17, 15) is 8.42 Å². The third-order valence-electron chi connectivity index (χ3n) is 3.74. The first kappa shape index (κ1) is 15.9. The van der Waals surface area contributed by atoms with Gasteiger partial charge < -0.3 is 0 Å². The number of hydrogen-bond acceptors (Lipinski definition) is 2. The standard InChI is InChI=1S/C16H18ClNO2S/c1-10-6-8-16(13(4)12(10)3)21(19,20)18-15-9-14(17)7-5-11(15)2/h5-9,18H,1-4H3. The van der Waals surface area contributed by atoms with Crippen LogP contribution in [0, 0.1) is 27.7 Å². The molecule has 0 amide bonds. The molecular weight excluding hydrogens is 306 g/mol. The largest absolute Gasteiger partial charge is 0.279 e. The van der Waals surface area contributed by atoms with Crippen LogP contribution in [0.15, 0.2) is 35.2 Å². The summed E-state index contributed by atoms with van der Waals surface area (Å²) in [6.45, 7) is 7.55. The average molecular weight is 324 g/mol. The molecule has 2 aromatic carbocycles. The number of halogens is 1. The molecule has 0 saturated heterocycles. The fraction of sp³-hybridized carbons (Fsp3) is 0.250. The fourth-order valence-corrected chi connectivity index (χ4v) is 3.72. The summed E-state index contributed by atoms with van der Waals surface area (Å²) >= 11 is 5.93. The minimum Gasteiger partial charge on any atom is -0.279 e. The molecule has 0 radical (unpaired) electrons. The van der Waals surface area contributed by atoms with E-state index < -0.39 is 10.0 Å². The Morgan fingerprint density at radius 1 is 0.905 bits per heavy atom. The summed E-state index contributed by atoms with van der Waals surface area (Å²) in [5.41, 5.74) is 4.15. The summed E-state index contributed by atoms with van der Waals surface area (Å²) in [6, 6.07) is 8.59. The van der Waals surface area contributed by atoms with Gasteiger partial charge in [0, 0.05) is 5.02 Å². The summed E-state index contributed by atoms with van der Waals surface area (Å²) in [4.78, 5) is 0.296. The van der Waals surface area contributed by atoms with Gasteiger partial charge in [-0.2, -0.15) is 0 Å². The molecule has 0 aromatic heterocycles. The third kappa shape index (κ3) is 3.22. The molecule has 0 fully saturated rings. The lowest BCUT2D eigenvalue weighted by atomic mass is 10.1. The zero-order valence-corrected chi connectivity index (χ0v) is 14.1. The van der Waals surface area contributed by atoms with Crippen LogP contribution in [0.2, 0.25) is 5.02 Å².